The zero-order valence-electron chi connectivity index (χ0n) is 17.8. The van der Waals surface area contributed by atoms with Crippen LogP contribution in [0.2, 0.25) is 0 Å². The molecule has 0 atom stereocenters. The van der Waals surface area contributed by atoms with Gasteiger partial charge in [-0.3, -0.25) is 9.69 Å². The fraction of sp³-hybridized carbons (Fsp3) is 0.440. The van der Waals surface area contributed by atoms with Crippen LogP contribution in [0, 0.1) is 11.3 Å². The summed E-state index contributed by atoms with van der Waals surface area (Å²) >= 11 is 1.47. The molecule has 2 aromatic rings. The molecule has 2 aromatic carbocycles. The van der Waals surface area contributed by atoms with Crippen LogP contribution >= 0.6 is 11.8 Å². The average molecular weight is 436 g/mol. The van der Waals surface area contributed by atoms with Crippen molar-refractivity contribution < 1.29 is 9.53 Å². The minimum atomic E-state index is -0.0552. The van der Waals surface area contributed by atoms with Crippen molar-refractivity contribution >= 4 is 17.7 Å². The first-order chi connectivity index (χ1) is 15.2. The molecule has 5 nitrogen and oxygen atoms in total. The van der Waals surface area contributed by atoms with Crippen LogP contribution in [0.5, 0.6) is 0 Å². The van der Waals surface area contributed by atoms with Gasteiger partial charge < -0.3 is 10.1 Å². The lowest BCUT2D eigenvalue weighted by atomic mass is 9.86. The molecule has 162 valence electrons. The molecule has 1 N–H and O–H groups in total. The maximum atomic E-state index is 13.2. The summed E-state index contributed by atoms with van der Waals surface area (Å²) in [6.07, 6.45) is 5.67. The van der Waals surface area contributed by atoms with E-state index in [0.717, 1.165) is 48.9 Å². The Labute approximate surface area is 188 Å². The lowest BCUT2D eigenvalue weighted by Crippen LogP contribution is -2.59. The Hall–Kier alpha value is -2.33. The Bertz CT molecular complexity index is 944. The van der Waals surface area contributed by atoms with Crippen LogP contribution in [0.1, 0.15) is 48.0 Å². The second-order valence-corrected chi connectivity index (χ2v) is 9.36. The van der Waals surface area contributed by atoms with Gasteiger partial charge in [-0.05, 0) is 63.0 Å². The lowest BCUT2D eigenvalue weighted by molar-refractivity contribution is -0.0349. The number of piperidine rings is 1. The first-order valence-electron chi connectivity index (χ1n) is 11.1. The van der Waals surface area contributed by atoms with Gasteiger partial charge >= 0.3 is 0 Å². The molecule has 2 fully saturated rings. The van der Waals surface area contributed by atoms with Crippen molar-refractivity contribution in [2.24, 2.45) is 0 Å². The normalized spacial score (nSPS) is 18.8. The van der Waals surface area contributed by atoms with E-state index in [1.165, 1.54) is 31.0 Å². The highest BCUT2D eigenvalue weighted by atomic mass is 32.2. The third kappa shape index (κ3) is 5.12. The number of hydrogen-bond acceptors (Lipinski definition) is 5. The molecule has 0 saturated carbocycles. The number of likely N-dealkylation sites (tertiary alicyclic amines) is 1. The van der Waals surface area contributed by atoms with E-state index in [9.17, 15) is 10.1 Å². The van der Waals surface area contributed by atoms with Crippen molar-refractivity contribution in [3.05, 3.63) is 59.7 Å². The quantitative estimate of drug-likeness (QED) is 0.725. The molecule has 6 heteroatoms. The molecule has 0 radical (unpaired) electrons. The number of carbonyl (C=O) groups excluding carboxylic acids is 1. The third-order valence-electron chi connectivity index (χ3n) is 6.39. The van der Waals surface area contributed by atoms with Crippen molar-refractivity contribution in [1.82, 2.24) is 10.2 Å². The second kappa shape index (κ2) is 10.3. The Morgan fingerprint density at radius 2 is 1.71 bits per heavy atom. The Morgan fingerprint density at radius 3 is 2.45 bits per heavy atom. The standard InChI is InChI=1S/C25H29N3O2S/c26-18-20-8-2-4-10-22(20)31-23-11-5-3-9-21(23)24(29)27-19-25(12-16-30-17-13-25)28-14-6-1-7-15-28/h2-5,8-11H,1,6-7,12-17,19H2,(H,27,29). The van der Waals surface area contributed by atoms with Gasteiger partial charge in [0.25, 0.3) is 5.91 Å². The van der Waals surface area contributed by atoms with E-state index in [1.54, 1.807) is 6.07 Å². The van der Waals surface area contributed by atoms with E-state index in [4.69, 9.17) is 4.74 Å². The van der Waals surface area contributed by atoms with Gasteiger partial charge in [0.15, 0.2) is 0 Å². The van der Waals surface area contributed by atoms with Crippen LogP contribution in [-0.2, 0) is 4.74 Å². The number of nitrogens with zero attached hydrogens (tertiary/aromatic N) is 2. The van der Waals surface area contributed by atoms with E-state index in [2.05, 4.69) is 16.3 Å². The number of nitrogens with one attached hydrogen (secondary N) is 1. The molecular formula is C25H29N3O2S. The summed E-state index contributed by atoms with van der Waals surface area (Å²) in [7, 11) is 0. The summed E-state index contributed by atoms with van der Waals surface area (Å²) in [4.78, 5) is 17.5. The van der Waals surface area contributed by atoms with E-state index in [-0.39, 0.29) is 11.4 Å². The molecule has 0 spiro atoms. The molecule has 0 aromatic heterocycles. The highest BCUT2D eigenvalue weighted by molar-refractivity contribution is 7.99. The number of amides is 1. The summed E-state index contributed by atoms with van der Waals surface area (Å²) in [5.41, 5.74) is 1.26. The van der Waals surface area contributed by atoms with E-state index in [1.807, 2.05) is 42.5 Å². The number of ether oxygens (including phenoxy) is 1. The van der Waals surface area contributed by atoms with Crippen LogP contribution in [-0.4, -0.2) is 49.2 Å². The Kier molecular flexibility index (Phi) is 7.29. The molecule has 0 unspecified atom stereocenters. The number of nitriles is 1. The summed E-state index contributed by atoms with van der Waals surface area (Å²) in [6, 6.07) is 17.4. The van der Waals surface area contributed by atoms with Crippen molar-refractivity contribution in [1.29, 1.82) is 5.26 Å². The van der Waals surface area contributed by atoms with Crippen LogP contribution in [0.15, 0.2) is 58.3 Å². The predicted molar refractivity (Wildman–Crippen MR) is 122 cm³/mol. The molecule has 0 aliphatic carbocycles. The van der Waals surface area contributed by atoms with Gasteiger partial charge in [0.2, 0.25) is 0 Å². The minimum Gasteiger partial charge on any atom is -0.381 e. The molecule has 1 amide bonds. The smallest absolute Gasteiger partial charge is 0.252 e. The Morgan fingerprint density at radius 1 is 1.03 bits per heavy atom. The molecular weight excluding hydrogens is 406 g/mol. The zero-order chi connectivity index (χ0) is 21.5. The molecule has 2 aliphatic heterocycles. The molecule has 2 heterocycles. The summed E-state index contributed by atoms with van der Waals surface area (Å²) in [6.45, 7) is 4.36. The van der Waals surface area contributed by atoms with Gasteiger partial charge in [0.05, 0.1) is 11.1 Å². The molecule has 31 heavy (non-hydrogen) atoms. The summed E-state index contributed by atoms with van der Waals surface area (Å²) in [5.74, 6) is -0.0552. The summed E-state index contributed by atoms with van der Waals surface area (Å²) < 4.78 is 5.65. The highest BCUT2D eigenvalue weighted by Gasteiger charge is 2.39. The number of rotatable bonds is 6. The lowest BCUT2D eigenvalue weighted by Gasteiger charge is -2.48. The van der Waals surface area contributed by atoms with Gasteiger partial charge in [-0.1, -0.05) is 42.4 Å². The van der Waals surface area contributed by atoms with Crippen LogP contribution < -0.4 is 5.32 Å². The monoisotopic (exact) mass is 435 g/mol. The second-order valence-electron chi connectivity index (χ2n) is 8.27. The maximum Gasteiger partial charge on any atom is 0.252 e. The van der Waals surface area contributed by atoms with Gasteiger partial charge in [0, 0.05) is 35.1 Å². The average Bonchev–Trinajstić information content (AvgIpc) is 2.84. The van der Waals surface area contributed by atoms with E-state index < -0.39 is 0 Å². The van der Waals surface area contributed by atoms with Crippen molar-refractivity contribution in [3.8, 4) is 6.07 Å². The first kappa shape index (κ1) is 21.9. The molecule has 2 saturated heterocycles. The maximum absolute atomic E-state index is 13.2. The van der Waals surface area contributed by atoms with Crippen LogP contribution in [0.25, 0.3) is 0 Å². The first-order valence-corrected chi connectivity index (χ1v) is 11.9. The fourth-order valence-electron chi connectivity index (χ4n) is 4.57. The highest BCUT2D eigenvalue weighted by Crippen LogP contribution is 2.33. The number of carbonyl (C=O) groups is 1. The van der Waals surface area contributed by atoms with Crippen molar-refractivity contribution in [3.63, 3.8) is 0 Å². The van der Waals surface area contributed by atoms with Crippen LogP contribution in [0.3, 0.4) is 0 Å². The predicted octanol–water partition coefficient (Wildman–Crippen LogP) is 4.47. The number of hydrogen-bond donors (Lipinski definition) is 1. The van der Waals surface area contributed by atoms with Gasteiger partial charge in [-0.25, -0.2) is 0 Å². The van der Waals surface area contributed by atoms with Crippen molar-refractivity contribution in [2.75, 3.05) is 32.8 Å². The van der Waals surface area contributed by atoms with Crippen LogP contribution in [0.4, 0.5) is 0 Å². The molecule has 4 rings (SSSR count). The minimum absolute atomic E-state index is 0.0101. The van der Waals surface area contributed by atoms with Gasteiger partial charge in [-0.15, -0.1) is 0 Å². The third-order valence-corrected chi connectivity index (χ3v) is 7.54. The largest absolute Gasteiger partial charge is 0.381 e. The van der Waals surface area contributed by atoms with Crippen molar-refractivity contribution in [2.45, 2.75) is 47.4 Å². The molecule has 2 aliphatic rings. The summed E-state index contributed by atoms with van der Waals surface area (Å²) in [5, 5.41) is 12.6. The SMILES string of the molecule is N#Cc1ccccc1Sc1ccccc1C(=O)NCC1(N2CCCCC2)CCOCC1. The van der Waals surface area contributed by atoms with E-state index in [0.29, 0.717) is 17.7 Å². The molecule has 0 bridgehead atoms. The van der Waals surface area contributed by atoms with Gasteiger partial charge in [-0.2, -0.15) is 5.26 Å². The number of benzene rings is 2. The zero-order valence-corrected chi connectivity index (χ0v) is 18.6. The fourth-order valence-corrected chi connectivity index (χ4v) is 5.60. The topological polar surface area (TPSA) is 65.4 Å². The Balaban J connectivity index is 1.50. The van der Waals surface area contributed by atoms with E-state index >= 15 is 0 Å². The van der Waals surface area contributed by atoms with Gasteiger partial charge in [0.1, 0.15) is 6.07 Å².